The van der Waals surface area contributed by atoms with E-state index < -0.39 is 6.09 Å². The molecule has 0 atom stereocenters. The number of amides is 1. The van der Waals surface area contributed by atoms with E-state index in [1.54, 1.807) is 17.0 Å². The lowest BCUT2D eigenvalue weighted by Crippen LogP contribution is -2.39. The minimum absolute atomic E-state index is 0.111. The van der Waals surface area contributed by atoms with Gasteiger partial charge in [-0.25, -0.2) is 14.6 Å². The quantitative estimate of drug-likeness (QED) is 0.431. The van der Waals surface area contributed by atoms with Gasteiger partial charge in [0.15, 0.2) is 0 Å². The maximum Gasteiger partial charge on any atom is 0.407 e. The Balaban J connectivity index is 1.50. The number of benzene rings is 1. The highest BCUT2D eigenvalue weighted by atomic mass is 16.4. The molecule has 33 heavy (non-hydrogen) atoms. The van der Waals surface area contributed by atoms with E-state index in [1.807, 2.05) is 36.4 Å². The number of pyridine rings is 3. The molecule has 9 heteroatoms. The summed E-state index contributed by atoms with van der Waals surface area (Å²) in [6.45, 7) is 0.785. The van der Waals surface area contributed by atoms with Crippen LogP contribution in [0.2, 0.25) is 0 Å². The van der Waals surface area contributed by atoms with Crippen molar-refractivity contribution in [1.82, 2.24) is 29.4 Å². The van der Waals surface area contributed by atoms with Crippen molar-refractivity contribution in [1.29, 1.82) is 0 Å². The van der Waals surface area contributed by atoms with E-state index in [9.17, 15) is 14.7 Å². The first-order valence-electron chi connectivity index (χ1n) is 10.8. The molecule has 5 heterocycles. The van der Waals surface area contributed by atoms with Crippen LogP contribution < -0.4 is 5.69 Å². The number of aromatic amines is 1. The van der Waals surface area contributed by atoms with E-state index in [-0.39, 0.29) is 11.7 Å². The lowest BCUT2D eigenvalue weighted by atomic mass is 10.0. The fourth-order valence-corrected chi connectivity index (χ4v) is 4.70. The Morgan fingerprint density at radius 3 is 2.64 bits per heavy atom. The fourth-order valence-electron chi connectivity index (χ4n) is 4.70. The molecule has 1 amide bonds. The third-order valence-corrected chi connectivity index (χ3v) is 6.37. The molecule has 6 rings (SSSR count). The van der Waals surface area contributed by atoms with Gasteiger partial charge in [-0.1, -0.05) is 18.2 Å². The van der Waals surface area contributed by atoms with Crippen LogP contribution in [-0.4, -0.2) is 53.7 Å². The highest BCUT2D eigenvalue weighted by Crippen LogP contribution is 2.30. The molecule has 1 fully saturated rings. The fraction of sp³-hybridized carbons (Fsp3) is 0.208. The molecule has 9 nitrogen and oxygen atoms in total. The zero-order valence-corrected chi connectivity index (χ0v) is 17.6. The Bertz CT molecular complexity index is 1600. The first-order chi connectivity index (χ1) is 16.1. The van der Waals surface area contributed by atoms with Gasteiger partial charge in [0.2, 0.25) is 0 Å². The standard InChI is InChI=1S/C24H20N6O3/c31-23-28-20-13-26-19-6-5-18(15-11-14-3-1-2-4-17(14)25-12-15)27-21(19)22(20)30(23)16-7-9-29(10-8-16)24(32)33/h1-6,11-13,16H,7-10H2,(H,28,31)(H,32,33). The van der Waals surface area contributed by atoms with Crippen LogP contribution in [0.1, 0.15) is 18.9 Å². The summed E-state index contributed by atoms with van der Waals surface area (Å²) in [6.07, 6.45) is 3.66. The second kappa shape index (κ2) is 7.40. The zero-order valence-electron chi connectivity index (χ0n) is 17.6. The molecule has 1 saturated heterocycles. The van der Waals surface area contributed by atoms with Gasteiger partial charge in [-0.05, 0) is 37.1 Å². The minimum Gasteiger partial charge on any atom is -0.465 e. The average Bonchev–Trinajstić information content (AvgIpc) is 3.19. The first kappa shape index (κ1) is 19.4. The Kier molecular flexibility index (Phi) is 4.36. The maximum absolute atomic E-state index is 12.9. The predicted octanol–water partition coefficient (Wildman–Crippen LogP) is 3.80. The van der Waals surface area contributed by atoms with E-state index in [2.05, 4.69) is 21.0 Å². The number of hydrogen-bond donors (Lipinski definition) is 2. The number of para-hydroxylation sites is 1. The van der Waals surface area contributed by atoms with Gasteiger partial charge in [-0.2, -0.15) is 0 Å². The molecule has 2 N–H and O–H groups in total. The maximum atomic E-state index is 12.9. The Hall–Kier alpha value is -4.27. The van der Waals surface area contributed by atoms with E-state index in [0.29, 0.717) is 48.0 Å². The van der Waals surface area contributed by atoms with Gasteiger partial charge in [0.1, 0.15) is 5.52 Å². The summed E-state index contributed by atoms with van der Waals surface area (Å²) in [5.74, 6) is 0. The molecule has 164 valence electrons. The topological polar surface area (TPSA) is 117 Å². The predicted molar refractivity (Wildman–Crippen MR) is 124 cm³/mol. The molecule has 0 radical (unpaired) electrons. The number of imidazole rings is 1. The molecule has 1 aliphatic rings. The van der Waals surface area contributed by atoms with E-state index in [4.69, 9.17) is 4.98 Å². The van der Waals surface area contributed by atoms with Crippen molar-refractivity contribution in [2.24, 2.45) is 0 Å². The highest BCUT2D eigenvalue weighted by molar-refractivity contribution is 6.00. The number of H-pyrrole nitrogens is 1. The summed E-state index contributed by atoms with van der Waals surface area (Å²) in [7, 11) is 0. The Labute approximate surface area is 187 Å². The van der Waals surface area contributed by atoms with Gasteiger partial charge in [-0.3, -0.25) is 14.5 Å². The van der Waals surface area contributed by atoms with Crippen molar-refractivity contribution in [2.45, 2.75) is 18.9 Å². The van der Waals surface area contributed by atoms with E-state index >= 15 is 0 Å². The number of nitrogens with one attached hydrogen (secondary N) is 1. The monoisotopic (exact) mass is 440 g/mol. The summed E-state index contributed by atoms with van der Waals surface area (Å²) >= 11 is 0. The Morgan fingerprint density at radius 1 is 1.03 bits per heavy atom. The lowest BCUT2D eigenvalue weighted by Gasteiger charge is -2.30. The number of likely N-dealkylation sites (tertiary alicyclic amines) is 1. The molecule has 1 aromatic carbocycles. The number of aromatic nitrogens is 5. The molecule has 1 aliphatic heterocycles. The van der Waals surface area contributed by atoms with Gasteiger partial charge < -0.3 is 15.0 Å². The first-order valence-corrected chi connectivity index (χ1v) is 10.8. The number of rotatable bonds is 2. The SMILES string of the molecule is O=C(O)N1CCC(n2c(=O)[nH]c3cnc4ccc(-c5cnc6ccccc6c5)nc4c32)CC1. The number of fused-ring (bicyclic) bond motifs is 4. The second-order valence-electron chi connectivity index (χ2n) is 8.30. The molecule has 4 aromatic heterocycles. The second-order valence-corrected chi connectivity index (χ2v) is 8.30. The van der Waals surface area contributed by atoms with Crippen LogP contribution in [0.25, 0.3) is 44.2 Å². The van der Waals surface area contributed by atoms with E-state index in [0.717, 1.165) is 22.2 Å². The summed E-state index contributed by atoms with van der Waals surface area (Å²) in [6, 6.07) is 13.7. The summed E-state index contributed by atoms with van der Waals surface area (Å²) < 4.78 is 1.73. The minimum atomic E-state index is -0.926. The normalized spacial score (nSPS) is 15.0. The van der Waals surface area contributed by atoms with Crippen LogP contribution >= 0.6 is 0 Å². The van der Waals surface area contributed by atoms with Gasteiger partial charge >= 0.3 is 11.8 Å². The van der Waals surface area contributed by atoms with Gasteiger partial charge in [0.05, 0.1) is 34.0 Å². The van der Waals surface area contributed by atoms with E-state index in [1.165, 1.54) is 4.90 Å². The molecular weight excluding hydrogens is 420 g/mol. The molecule has 0 saturated carbocycles. The largest absolute Gasteiger partial charge is 0.465 e. The van der Waals surface area contributed by atoms with Crippen LogP contribution in [0.5, 0.6) is 0 Å². The smallest absolute Gasteiger partial charge is 0.407 e. The van der Waals surface area contributed by atoms with Crippen LogP contribution in [-0.2, 0) is 0 Å². The molecular formula is C24H20N6O3. The van der Waals surface area contributed by atoms with Crippen molar-refractivity contribution >= 4 is 39.1 Å². The van der Waals surface area contributed by atoms with Crippen LogP contribution in [0.3, 0.4) is 0 Å². The van der Waals surface area contributed by atoms with Crippen LogP contribution in [0, 0.1) is 0 Å². The summed E-state index contributed by atoms with van der Waals surface area (Å²) in [4.78, 5) is 42.4. The van der Waals surface area contributed by atoms with Crippen molar-refractivity contribution in [3.8, 4) is 11.3 Å². The van der Waals surface area contributed by atoms with Crippen LogP contribution in [0.4, 0.5) is 4.79 Å². The summed E-state index contributed by atoms with van der Waals surface area (Å²) in [5, 5.41) is 10.3. The molecule has 5 aromatic rings. The Morgan fingerprint density at radius 2 is 1.82 bits per heavy atom. The number of nitrogens with zero attached hydrogens (tertiary/aromatic N) is 5. The van der Waals surface area contributed by atoms with Crippen molar-refractivity contribution < 1.29 is 9.90 Å². The van der Waals surface area contributed by atoms with Crippen molar-refractivity contribution in [3.05, 3.63) is 65.3 Å². The van der Waals surface area contributed by atoms with Gasteiger partial charge in [0, 0.05) is 36.3 Å². The zero-order chi connectivity index (χ0) is 22.5. The lowest BCUT2D eigenvalue weighted by molar-refractivity contribution is 0.125. The molecule has 0 aliphatic carbocycles. The van der Waals surface area contributed by atoms with Gasteiger partial charge in [0.25, 0.3) is 0 Å². The average molecular weight is 440 g/mol. The third kappa shape index (κ3) is 3.20. The molecule has 0 bridgehead atoms. The number of carbonyl (C=O) groups is 1. The number of hydrogen-bond acceptors (Lipinski definition) is 5. The number of piperidine rings is 1. The molecule has 0 unspecified atom stereocenters. The third-order valence-electron chi connectivity index (χ3n) is 6.37. The summed E-state index contributed by atoms with van der Waals surface area (Å²) in [5.41, 5.74) is 4.96. The van der Waals surface area contributed by atoms with Crippen molar-refractivity contribution in [2.75, 3.05) is 13.1 Å². The highest BCUT2D eigenvalue weighted by Gasteiger charge is 2.27. The molecule has 0 spiro atoms. The van der Waals surface area contributed by atoms with Crippen molar-refractivity contribution in [3.63, 3.8) is 0 Å². The van der Waals surface area contributed by atoms with Gasteiger partial charge in [-0.15, -0.1) is 0 Å². The number of carboxylic acid groups (broad SMARTS) is 1. The van der Waals surface area contributed by atoms with Crippen LogP contribution in [0.15, 0.2) is 59.7 Å².